The molecule has 172 valence electrons. The minimum Gasteiger partial charge on any atom is -0.497 e. The molecule has 2 amide bonds. The number of benzene rings is 2. The highest BCUT2D eigenvalue weighted by atomic mass is 35.5. The van der Waals surface area contributed by atoms with Gasteiger partial charge in [0.1, 0.15) is 5.75 Å². The number of nitrogens with one attached hydrogen (secondary N) is 2. The molecular weight excluding hydrogens is 454 g/mol. The van der Waals surface area contributed by atoms with E-state index in [2.05, 4.69) is 10.6 Å². The molecule has 0 spiro atoms. The molecule has 1 saturated heterocycles. The summed E-state index contributed by atoms with van der Waals surface area (Å²) in [6.07, 6.45) is 2.79. The number of rotatable bonds is 7. The van der Waals surface area contributed by atoms with Crippen molar-refractivity contribution in [2.45, 2.75) is 36.6 Å². The lowest BCUT2D eigenvalue weighted by Gasteiger charge is -2.34. The number of carbonyl (C=O) groups is 2. The molecule has 2 aromatic rings. The Morgan fingerprint density at radius 2 is 1.75 bits per heavy atom. The van der Waals surface area contributed by atoms with E-state index in [9.17, 15) is 18.0 Å². The van der Waals surface area contributed by atoms with Gasteiger partial charge < -0.3 is 15.4 Å². The zero-order valence-electron chi connectivity index (χ0n) is 17.7. The SMILES string of the molecule is COc1ccc(NC(=O)C(=O)NCC[C@@H]2CCCCN2S(=O)(=O)c2ccc(Cl)cc2)cc1. The summed E-state index contributed by atoms with van der Waals surface area (Å²) in [5.41, 5.74) is 0.471. The fraction of sp³-hybridized carbons (Fsp3) is 0.364. The highest BCUT2D eigenvalue weighted by Gasteiger charge is 2.33. The van der Waals surface area contributed by atoms with E-state index >= 15 is 0 Å². The lowest BCUT2D eigenvalue weighted by molar-refractivity contribution is -0.136. The predicted molar refractivity (Wildman–Crippen MR) is 122 cm³/mol. The van der Waals surface area contributed by atoms with Crippen LogP contribution in [0.5, 0.6) is 5.75 Å². The van der Waals surface area contributed by atoms with E-state index in [1.54, 1.807) is 36.4 Å². The van der Waals surface area contributed by atoms with E-state index in [1.807, 2.05) is 0 Å². The molecule has 0 aromatic heterocycles. The van der Waals surface area contributed by atoms with Crippen LogP contribution < -0.4 is 15.4 Å². The van der Waals surface area contributed by atoms with Crippen molar-refractivity contribution >= 4 is 39.1 Å². The standard InChI is InChI=1S/C22H26ClN3O5S/c1-31-19-9-7-17(8-10-19)25-22(28)21(27)24-14-13-18-4-2-3-15-26(18)32(29,30)20-11-5-16(23)6-12-20/h5-12,18H,2-4,13-15H2,1H3,(H,24,27)(H,25,28)/t18-/m0/s1. The van der Waals surface area contributed by atoms with E-state index in [-0.39, 0.29) is 17.5 Å². The van der Waals surface area contributed by atoms with Crippen molar-refractivity contribution in [1.29, 1.82) is 0 Å². The predicted octanol–water partition coefficient (Wildman–Crippen LogP) is 3.04. The van der Waals surface area contributed by atoms with Gasteiger partial charge in [0.2, 0.25) is 10.0 Å². The maximum atomic E-state index is 13.1. The first-order chi connectivity index (χ1) is 15.3. The normalized spacial score (nSPS) is 16.9. The van der Waals surface area contributed by atoms with Crippen LogP contribution in [0.4, 0.5) is 5.69 Å². The fourth-order valence-corrected chi connectivity index (χ4v) is 5.47. The number of anilines is 1. The minimum absolute atomic E-state index is 0.187. The Labute approximate surface area is 192 Å². The molecule has 0 aliphatic carbocycles. The van der Waals surface area contributed by atoms with Crippen LogP contribution in [-0.4, -0.2) is 50.8 Å². The Morgan fingerprint density at radius 3 is 2.41 bits per heavy atom. The number of sulfonamides is 1. The highest BCUT2D eigenvalue weighted by molar-refractivity contribution is 7.89. The second-order valence-corrected chi connectivity index (χ2v) is 9.77. The zero-order valence-corrected chi connectivity index (χ0v) is 19.3. The summed E-state index contributed by atoms with van der Waals surface area (Å²) in [7, 11) is -2.13. The van der Waals surface area contributed by atoms with Gasteiger partial charge in [-0.3, -0.25) is 9.59 Å². The lowest BCUT2D eigenvalue weighted by Crippen LogP contribution is -2.45. The molecule has 1 fully saturated rings. The molecule has 0 bridgehead atoms. The molecule has 3 rings (SSSR count). The number of hydrogen-bond acceptors (Lipinski definition) is 5. The number of piperidine rings is 1. The van der Waals surface area contributed by atoms with E-state index in [0.29, 0.717) is 35.8 Å². The number of hydrogen-bond donors (Lipinski definition) is 2. The molecule has 1 aliphatic heterocycles. The third-order valence-electron chi connectivity index (χ3n) is 5.31. The van der Waals surface area contributed by atoms with Crippen LogP contribution >= 0.6 is 11.6 Å². The summed E-state index contributed by atoms with van der Waals surface area (Å²) >= 11 is 5.88. The number of carbonyl (C=O) groups excluding carboxylic acids is 2. The molecule has 0 radical (unpaired) electrons. The van der Waals surface area contributed by atoms with Gasteiger partial charge in [-0.15, -0.1) is 0 Å². The molecule has 2 N–H and O–H groups in total. The lowest BCUT2D eigenvalue weighted by atomic mass is 10.0. The molecule has 32 heavy (non-hydrogen) atoms. The average Bonchev–Trinajstić information content (AvgIpc) is 2.80. The van der Waals surface area contributed by atoms with Crippen LogP contribution in [0.1, 0.15) is 25.7 Å². The first-order valence-electron chi connectivity index (χ1n) is 10.3. The van der Waals surface area contributed by atoms with Gasteiger partial charge in [-0.05, 0) is 67.8 Å². The van der Waals surface area contributed by atoms with E-state index in [0.717, 1.165) is 12.8 Å². The van der Waals surface area contributed by atoms with Gasteiger partial charge in [0.05, 0.1) is 12.0 Å². The Kier molecular flexibility index (Phi) is 8.11. The first-order valence-corrected chi connectivity index (χ1v) is 12.1. The largest absolute Gasteiger partial charge is 0.497 e. The number of amides is 2. The van der Waals surface area contributed by atoms with Gasteiger partial charge in [0, 0.05) is 29.8 Å². The van der Waals surface area contributed by atoms with Gasteiger partial charge in [0.15, 0.2) is 0 Å². The fourth-order valence-electron chi connectivity index (χ4n) is 3.62. The third-order valence-corrected chi connectivity index (χ3v) is 7.53. The third kappa shape index (κ3) is 5.99. The summed E-state index contributed by atoms with van der Waals surface area (Å²) in [4.78, 5) is 24.5. The van der Waals surface area contributed by atoms with Crippen molar-refractivity contribution in [1.82, 2.24) is 9.62 Å². The van der Waals surface area contributed by atoms with Crippen molar-refractivity contribution in [3.8, 4) is 5.75 Å². The molecule has 2 aromatic carbocycles. The van der Waals surface area contributed by atoms with E-state index in [1.165, 1.54) is 23.5 Å². The Morgan fingerprint density at radius 1 is 1.06 bits per heavy atom. The minimum atomic E-state index is -3.67. The zero-order chi connectivity index (χ0) is 23.1. The van der Waals surface area contributed by atoms with Crippen LogP contribution in [-0.2, 0) is 19.6 Å². The van der Waals surface area contributed by atoms with Crippen LogP contribution in [0, 0.1) is 0 Å². The average molecular weight is 480 g/mol. The Balaban J connectivity index is 1.55. The van der Waals surface area contributed by atoms with Crippen molar-refractivity contribution in [3.05, 3.63) is 53.6 Å². The summed E-state index contributed by atoms with van der Waals surface area (Å²) in [5.74, 6) is -0.925. The quantitative estimate of drug-likeness (QED) is 0.594. The number of nitrogens with zero attached hydrogens (tertiary/aromatic N) is 1. The van der Waals surface area contributed by atoms with Gasteiger partial charge in [-0.1, -0.05) is 18.0 Å². The van der Waals surface area contributed by atoms with Crippen molar-refractivity contribution in [2.24, 2.45) is 0 Å². The topological polar surface area (TPSA) is 105 Å². The molecule has 1 heterocycles. The molecule has 1 atom stereocenters. The molecule has 8 nitrogen and oxygen atoms in total. The van der Waals surface area contributed by atoms with Crippen molar-refractivity contribution < 1.29 is 22.7 Å². The Hall–Kier alpha value is -2.62. The molecule has 0 unspecified atom stereocenters. The number of halogens is 1. The summed E-state index contributed by atoms with van der Waals surface area (Å²) in [6, 6.07) is 12.4. The van der Waals surface area contributed by atoms with Gasteiger partial charge in [-0.2, -0.15) is 4.31 Å². The number of methoxy groups -OCH3 is 1. The Bertz CT molecular complexity index is 1040. The summed E-state index contributed by atoms with van der Waals surface area (Å²) in [6.45, 7) is 0.605. The van der Waals surface area contributed by atoms with E-state index < -0.39 is 21.8 Å². The maximum Gasteiger partial charge on any atom is 0.313 e. The summed E-state index contributed by atoms with van der Waals surface area (Å²) in [5, 5.41) is 5.56. The summed E-state index contributed by atoms with van der Waals surface area (Å²) < 4.78 is 32.7. The van der Waals surface area contributed by atoms with Gasteiger partial charge in [-0.25, -0.2) is 8.42 Å². The van der Waals surface area contributed by atoms with Gasteiger partial charge >= 0.3 is 11.8 Å². The first kappa shape index (κ1) is 24.0. The van der Waals surface area contributed by atoms with Crippen molar-refractivity contribution in [3.63, 3.8) is 0 Å². The molecular formula is C22H26ClN3O5S. The van der Waals surface area contributed by atoms with Crippen LogP contribution in [0.3, 0.4) is 0 Å². The van der Waals surface area contributed by atoms with Crippen LogP contribution in [0.25, 0.3) is 0 Å². The number of ether oxygens (including phenoxy) is 1. The maximum absolute atomic E-state index is 13.1. The highest BCUT2D eigenvalue weighted by Crippen LogP contribution is 2.27. The smallest absolute Gasteiger partial charge is 0.313 e. The van der Waals surface area contributed by atoms with E-state index in [4.69, 9.17) is 16.3 Å². The second-order valence-electron chi connectivity index (χ2n) is 7.45. The van der Waals surface area contributed by atoms with Crippen molar-refractivity contribution in [2.75, 3.05) is 25.5 Å². The van der Waals surface area contributed by atoms with Gasteiger partial charge in [0.25, 0.3) is 0 Å². The monoisotopic (exact) mass is 479 g/mol. The molecule has 10 heteroatoms. The van der Waals surface area contributed by atoms with Crippen LogP contribution in [0.15, 0.2) is 53.4 Å². The molecule has 0 saturated carbocycles. The van der Waals surface area contributed by atoms with Crippen LogP contribution in [0.2, 0.25) is 5.02 Å². The second kappa shape index (κ2) is 10.8. The molecule has 1 aliphatic rings.